The van der Waals surface area contributed by atoms with Gasteiger partial charge in [0, 0.05) is 50.2 Å². The molecule has 0 fully saturated rings. The first-order valence-electron chi connectivity index (χ1n) is 11.2. The summed E-state index contributed by atoms with van der Waals surface area (Å²) < 4.78 is 22.4. The Kier molecular flexibility index (Phi) is 9.43. The van der Waals surface area contributed by atoms with Gasteiger partial charge in [-0.1, -0.05) is 13.8 Å². The molecule has 1 aromatic carbocycles. The first-order chi connectivity index (χ1) is 15.6. The number of pyridine rings is 1. The number of guanidine groups is 1. The van der Waals surface area contributed by atoms with E-state index < -0.39 is 0 Å². The summed E-state index contributed by atoms with van der Waals surface area (Å²) in [6.07, 6.45) is 3.48. The van der Waals surface area contributed by atoms with Crippen LogP contribution < -0.4 is 24.8 Å². The first kappa shape index (κ1) is 23.7. The van der Waals surface area contributed by atoms with E-state index in [1.807, 2.05) is 30.3 Å². The predicted octanol–water partition coefficient (Wildman–Crippen LogP) is 3.87. The molecule has 0 aliphatic carbocycles. The van der Waals surface area contributed by atoms with Gasteiger partial charge in [0.1, 0.15) is 0 Å². The molecular weight excluding hydrogens is 408 g/mol. The lowest BCUT2D eigenvalue weighted by Crippen LogP contribution is -2.32. The summed E-state index contributed by atoms with van der Waals surface area (Å²) in [5.41, 5.74) is 1.89. The van der Waals surface area contributed by atoms with Crippen LogP contribution in [0.4, 0.5) is 5.69 Å². The van der Waals surface area contributed by atoms with Crippen molar-refractivity contribution in [3.63, 3.8) is 0 Å². The van der Waals surface area contributed by atoms with Gasteiger partial charge in [-0.05, 0) is 36.1 Å². The molecule has 0 unspecified atom stereocenters. The van der Waals surface area contributed by atoms with Crippen LogP contribution in [0.5, 0.6) is 17.4 Å². The maximum absolute atomic E-state index is 5.81. The maximum Gasteiger partial charge on any atom is 0.213 e. The van der Waals surface area contributed by atoms with Crippen molar-refractivity contribution < 1.29 is 18.9 Å². The number of aliphatic imine (C=N–C) groups is 1. The third-order valence-electron chi connectivity index (χ3n) is 4.65. The lowest BCUT2D eigenvalue weighted by atomic mass is 10.2. The van der Waals surface area contributed by atoms with Gasteiger partial charge in [-0.2, -0.15) is 0 Å². The quantitative estimate of drug-likeness (QED) is 0.328. The number of fused-ring (bicyclic) bond motifs is 1. The Balaban J connectivity index is 1.64. The lowest BCUT2D eigenvalue weighted by Gasteiger charge is -2.15. The van der Waals surface area contributed by atoms with Crippen LogP contribution in [0.3, 0.4) is 0 Å². The van der Waals surface area contributed by atoms with Gasteiger partial charge in [0.15, 0.2) is 17.5 Å². The molecule has 0 saturated heterocycles. The highest BCUT2D eigenvalue weighted by atomic mass is 16.5. The van der Waals surface area contributed by atoms with Crippen LogP contribution in [-0.2, 0) is 11.3 Å². The van der Waals surface area contributed by atoms with Crippen molar-refractivity contribution >= 4 is 11.6 Å². The van der Waals surface area contributed by atoms with E-state index in [1.54, 1.807) is 13.3 Å². The van der Waals surface area contributed by atoms with E-state index in [0.29, 0.717) is 44.1 Å². The molecule has 0 atom stereocenters. The molecule has 1 aliphatic rings. The molecule has 1 aliphatic heterocycles. The zero-order chi connectivity index (χ0) is 22.6. The van der Waals surface area contributed by atoms with Crippen molar-refractivity contribution in [2.24, 2.45) is 10.9 Å². The number of hydrogen-bond acceptors (Lipinski definition) is 6. The SMILES string of the molecule is COc1cc(CN=C(NCCCOCC(C)C)Nc2ccc3c(c2)OCCCO3)ccn1. The molecule has 1 aromatic heterocycles. The van der Waals surface area contributed by atoms with E-state index in [1.165, 1.54) is 0 Å². The van der Waals surface area contributed by atoms with Crippen molar-refractivity contribution in [1.82, 2.24) is 10.3 Å². The Morgan fingerprint density at radius 3 is 2.81 bits per heavy atom. The van der Waals surface area contributed by atoms with Crippen LogP contribution in [0.2, 0.25) is 0 Å². The molecule has 2 aromatic rings. The van der Waals surface area contributed by atoms with E-state index in [4.69, 9.17) is 23.9 Å². The van der Waals surface area contributed by atoms with Crippen LogP contribution in [0, 0.1) is 5.92 Å². The fourth-order valence-electron chi connectivity index (χ4n) is 3.05. The number of aromatic nitrogens is 1. The third-order valence-corrected chi connectivity index (χ3v) is 4.65. The van der Waals surface area contributed by atoms with Crippen molar-refractivity contribution in [3.8, 4) is 17.4 Å². The fraction of sp³-hybridized carbons (Fsp3) is 0.500. The monoisotopic (exact) mass is 442 g/mol. The van der Waals surface area contributed by atoms with E-state index in [2.05, 4.69) is 29.5 Å². The van der Waals surface area contributed by atoms with Gasteiger partial charge in [-0.25, -0.2) is 9.98 Å². The van der Waals surface area contributed by atoms with Crippen LogP contribution >= 0.6 is 0 Å². The highest BCUT2D eigenvalue weighted by Gasteiger charge is 2.11. The summed E-state index contributed by atoms with van der Waals surface area (Å²) in [6, 6.07) is 9.64. The van der Waals surface area contributed by atoms with Crippen LogP contribution in [0.25, 0.3) is 0 Å². The van der Waals surface area contributed by atoms with E-state index in [0.717, 1.165) is 48.7 Å². The number of nitrogens with zero attached hydrogens (tertiary/aromatic N) is 2. The second-order valence-electron chi connectivity index (χ2n) is 7.96. The highest BCUT2D eigenvalue weighted by molar-refractivity contribution is 5.93. The van der Waals surface area contributed by atoms with Gasteiger partial charge in [-0.3, -0.25) is 0 Å². The Hall–Kier alpha value is -3.00. The van der Waals surface area contributed by atoms with Gasteiger partial charge in [0.25, 0.3) is 0 Å². The number of rotatable bonds is 10. The van der Waals surface area contributed by atoms with Crippen LogP contribution in [-0.4, -0.2) is 51.0 Å². The Morgan fingerprint density at radius 2 is 2.00 bits per heavy atom. The molecule has 0 spiro atoms. The molecule has 0 amide bonds. The molecule has 0 radical (unpaired) electrons. The van der Waals surface area contributed by atoms with Crippen molar-refractivity contribution in [2.75, 3.05) is 45.4 Å². The highest BCUT2D eigenvalue weighted by Crippen LogP contribution is 2.32. The lowest BCUT2D eigenvalue weighted by molar-refractivity contribution is 0.108. The third kappa shape index (κ3) is 7.92. The van der Waals surface area contributed by atoms with Gasteiger partial charge < -0.3 is 29.6 Å². The Labute approximate surface area is 190 Å². The first-order valence-corrected chi connectivity index (χ1v) is 11.2. The van der Waals surface area contributed by atoms with Crippen LogP contribution in [0.15, 0.2) is 41.5 Å². The molecule has 8 heteroatoms. The van der Waals surface area contributed by atoms with E-state index >= 15 is 0 Å². The molecule has 3 rings (SSSR count). The van der Waals surface area contributed by atoms with Crippen molar-refractivity contribution in [2.45, 2.75) is 33.2 Å². The number of ether oxygens (including phenoxy) is 4. The summed E-state index contributed by atoms with van der Waals surface area (Å²) in [5, 5.41) is 6.76. The predicted molar refractivity (Wildman–Crippen MR) is 126 cm³/mol. The van der Waals surface area contributed by atoms with Gasteiger partial charge in [0.2, 0.25) is 5.88 Å². The van der Waals surface area contributed by atoms with Gasteiger partial charge in [-0.15, -0.1) is 0 Å². The molecule has 2 heterocycles. The summed E-state index contributed by atoms with van der Waals surface area (Å²) >= 11 is 0. The largest absolute Gasteiger partial charge is 0.490 e. The van der Waals surface area contributed by atoms with Gasteiger partial charge >= 0.3 is 0 Å². The molecule has 8 nitrogen and oxygen atoms in total. The topological polar surface area (TPSA) is 86.2 Å². The summed E-state index contributed by atoms with van der Waals surface area (Å²) in [4.78, 5) is 8.89. The fourth-order valence-corrected chi connectivity index (χ4v) is 3.05. The minimum absolute atomic E-state index is 0.489. The summed E-state index contributed by atoms with van der Waals surface area (Å²) in [7, 11) is 1.61. The second-order valence-corrected chi connectivity index (χ2v) is 7.96. The molecule has 0 saturated carbocycles. The standard InChI is InChI=1S/C24H34N4O4/c1-18(2)17-30-11-4-9-26-24(27-16-19-8-10-25-23(14-19)29-3)28-20-6-7-21-22(15-20)32-13-5-12-31-21/h6-8,10,14-15,18H,4-5,9,11-13,16-17H2,1-3H3,(H2,26,27,28). The smallest absolute Gasteiger partial charge is 0.213 e. The number of hydrogen-bond donors (Lipinski definition) is 2. The average Bonchev–Trinajstić information content (AvgIpc) is 3.04. The number of nitrogens with one attached hydrogen (secondary N) is 2. The second kappa shape index (κ2) is 12.8. The van der Waals surface area contributed by atoms with E-state index in [-0.39, 0.29) is 0 Å². The Bertz CT molecular complexity index is 873. The van der Waals surface area contributed by atoms with Crippen molar-refractivity contribution in [1.29, 1.82) is 0 Å². The number of anilines is 1. The molecule has 0 bridgehead atoms. The van der Waals surface area contributed by atoms with Crippen molar-refractivity contribution in [3.05, 3.63) is 42.1 Å². The maximum atomic E-state index is 5.81. The molecular formula is C24H34N4O4. The summed E-state index contributed by atoms with van der Waals surface area (Å²) in [5.74, 6) is 3.31. The number of methoxy groups -OCH3 is 1. The summed E-state index contributed by atoms with van der Waals surface area (Å²) in [6.45, 7) is 8.34. The minimum Gasteiger partial charge on any atom is -0.490 e. The minimum atomic E-state index is 0.489. The molecule has 32 heavy (non-hydrogen) atoms. The van der Waals surface area contributed by atoms with Crippen LogP contribution in [0.1, 0.15) is 32.3 Å². The average molecular weight is 443 g/mol. The Morgan fingerprint density at radius 1 is 1.16 bits per heavy atom. The molecule has 174 valence electrons. The van der Waals surface area contributed by atoms with Gasteiger partial charge in [0.05, 0.1) is 26.9 Å². The number of benzene rings is 1. The zero-order valence-corrected chi connectivity index (χ0v) is 19.2. The molecule has 2 N–H and O–H groups in total. The zero-order valence-electron chi connectivity index (χ0n) is 19.2. The normalized spacial score (nSPS) is 13.6. The van der Waals surface area contributed by atoms with E-state index in [9.17, 15) is 0 Å².